The van der Waals surface area contributed by atoms with E-state index in [0.717, 1.165) is 57.8 Å². The molecule has 3 rings (SSSR count). The maximum Gasteiger partial charge on any atom is 0.341 e. The minimum atomic E-state index is -3.69. The van der Waals surface area contributed by atoms with Gasteiger partial charge >= 0.3 is 5.97 Å². The van der Waals surface area contributed by atoms with E-state index in [-0.39, 0.29) is 13.2 Å². The van der Waals surface area contributed by atoms with Crippen LogP contribution < -0.4 is 9.62 Å². The van der Waals surface area contributed by atoms with Gasteiger partial charge in [0.15, 0.2) is 0 Å². The van der Waals surface area contributed by atoms with Crippen molar-refractivity contribution in [3.63, 3.8) is 0 Å². The van der Waals surface area contributed by atoms with Gasteiger partial charge < -0.3 is 10.1 Å². The van der Waals surface area contributed by atoms with E-state index >= 15 is 0 Å². The number of thiophene rings is 1. The maximum atomic E-state index is 12.9. The van der Waals surface area contributed by atoms with Gasteiger partial charge in [-0.05, 0) is 75.3 Å². The molecule has 0 radical (unpaired) electrons. The fraction of sp³-hybridized carbons (Fsp3) is 0.455. The van der Waals surface area contributed by atoms with Crippen LogP contribution in [0.3, 0.4) is 0 Å². The number of nitrogens with one attached hydrogen (secondary N) is 1. The molecule has 0 fully saturated rings. The third-order valence-electron chi connectivity index (χ3n) is 5.09. The van der Waals surface area contributed by atoms with Crippen LogP contribution in [0.15, 0.2) is 18.2 Å². The third kappa shape index (κ3) is 5.46. The molecule has 1 heterocycles. The van der Waals surface area contributed by atoms with E-state index in [1.54, 1.807) is 19.1 Å². The standard InChI is InChI=1S/C22H28N2O5S2/c1-5-29-22(26)20-17-8-6-7-9-18(17)30-21(20)23-19(25)13-24(31(4,27)28)16-11-14(2)10-15(3)12-16/h10-12H,5-9,13H2,1-4H3,(H,23,25). The van der Waals surface area contributed by atoms with Gasteiger partial charge in [-0.25, -0.2) is 13.2 Å². The molecule has 31 heavy (non-hydrogen) atoms. The number of rotatable bonds is 7. The van der Waals surface area contributed by atoms with Gasteiger partial charge in [0.2, 0.25) is 15.9 Å². The van der Waals surface area contributed by atoms with Gasteiger partial charge in [-0.2, -0.15) is 0 Å². The van der Waals surface area contributed by atoms with Crippen molar-refractivity contribution in [2.75, 3.05) is 29.0 Å². The Morgan fingerprint density at radius 3 is 2.39 bits per heavy atom. The number of carbonyl (C=O) groups is 2. The highest BCUT2D eigenvalue weighted by molar-refractivity contribution is 7.92. The summed E-state index contributed by atoms with van der Waals surface area (Å²) in [6.45, 7) is 5.35. The van der Waals surface area contributed by atoms with Crippen LogP contribution >= 0.6 is 11.3 Å². The molecule has 1 aromatic heterocycles. The van der Waals surface area contributed by atoms with Crippen molar-refractivity contribution in [3.8, 4) is 0 Å². The Bertz CT molecular complexity index is 1090. The van der Waals surface area contributed by atoms with Gasteiger partial charge in [-0.3, -0.25) is 9.10 Å². The zero-order chi connectivity index (χ0) is 22.8. The molecular weight excluding hydrogens is 436 g/mol. The van der Waals surface area contributed by atoms with Crippen molar-refractivity contribution >= 4 is 43.9 Å². The van der Waals surface area contributed by atoms with Crippen LogP contribution in [0.1, 0.15) is 51.7 Å². The first kappa shape index (κ1) is 23.3. The Labute approximate surface area is 187 Å². The van der Waals surface area contributed by atoms with E-state index in [1.165, 1.54) is 11.3 Å². The molecular formula is C22H28N2O5S2. The van der Waals surface area contributed by atoms with E-state index in [1.807, 2.05) is 19.9 Å². The van der Waals surface area contributed by atoms with E-state index in [2.05, 4.69) is 5.32 Å². The summed E-state index contributed by atoms with van der Waals surface area (Å²) < 4.78 is 31.2. The summed E-state index contributed by atoms with van der Waals surface area (Å²) >= 11 is 1.38. The molecule has 0 bridgehead atoms. The van der Waals surface area contributed by atoms with Crippen molar-refractivity contribution < 1.29 is 22.7 Å². The summed E-state index contributed by atoms with van der Waals surface area (Å²) in [6.07, 6.45) is 4.73. The Hall–Kier alpha value is -2.39. The molecule has 2 aromatic rings. The molecule has 0 saturated carbocycles. The molecule has 0 aliphatic heterocycles. The number of nitrogens with zero attached hydrogens (tertiary/aromatic N) is 1. The quantitative estimate of drug-likeness (QED) is 0.629. The summed E-state index contributed by atoms with van der Waals surface area (Å²) in [4.78, 5) is 26.6. The normalized spacial score (nSPS) is 13.4. The highest BCUT2D eigenvalue weighted by Crippen LogP contribution is 2.38. The third-order valence-corrected chi connectivity index (χ3v) is 7.43. The number of sulfonamides is 1. The van der Waals surface area contributed by atoms with E-state index in [4.69, 9.17) is 4.74 Å². The molecule has 0 saturated heterocycles. The Morgan fingerprint density at radius 1 is 1.13 bits per heavy atom. The van der Waals surface area contributed by atoms with E-state index < -0.39 is 21.9 Å². The summed E-state index contributed by atoms with van der Waals surface area (Å²) in [6, 6.07) is 5.40. The summed E-state index contributed by atoms with van der Waals surface area (Å²) in [5, 5.41) is 3.22. The number of hydrogen-bond donors (Lipinski definition) is 1. The van der Waals surface area contributed by atoms with Crippen molar-refractivity contribution in [1.82, 2.24) is 0 Å². The fourth-order valence-corrected chi connectivity index (χ4v) is 6.00. The molecule has 1 aliphatic rings. The molecule has 7 nitrogen and oxygen atoms in total. The van der Waals surface area contributed by atoms with Crippen LogP contribution in [0.25, 0.3) is 0 Å². The Balaban J connectivity index is 1.89. The second kappa shape index (κ2) is 9.40. The van der Waals surface area contributed by atoms with Gasteiger partial charge in [-0.1, -0.05) is 6.07 Å². The largest absolute Gasteiger partial charge is 0.462 e. The summed E-state index contributed by atoms with van der Waals surface area (Å²) in [7, 11) is -3.69. The van der Waals surface area contributed by atoms with Crippen LogP contribution in [-0.4, -0.2) is 39.7 Å². The van der Waals surface area contributed by atoms with E-state index in [9.17, 15) is 18.0 Å². The molecule has 168 valence electrons. The summed E-state index contributed by atoms with van der Waals surface area (Å²) in [5.74, 6) is -0.958. The Kier molecular flexibility index (Phi) is 7.06. The predicted molar refractivity (Wildman–Crippen MR) is 124 cm³/mol. The minimum Gasteiger partial charge on any atom is -0.462 e. The van der Waals surface area contributed by atoms with Crippen molar-refractivity contribution in [2.24, 2.45) is 0 Å². The lowest BCUT2D eigenvalue weighted by atomic mass is 9.95. The number of amides is 1. The second-order valence-corrected chi connectivity index (χ2v) is 10.8. The maximum absolute atomic E-state index is 12.9. The summed E-state index contributed by atoms with van der Waals surface area (Å²) in [5.41, 5.74) is 3.59. The lowest BCUT2D eigenvalue weighted by molar-refractivity contribution is -0.114. The lowest BCUT2D eigenvalue weighted by Crippen LogP contribution is -2.37. The van der Waals surface area contributed by atoms with Gasteiger partial charge in [0.25, 0.3) is 0 Å². The first-order chi connectivity index (χ1) is 14.6. The van der Waals surface area contributed by atoms with Crippen LogP contribution in [0.5, 0.6) is 0 Å². The molecule has 0 unspecified atom stereocenters. The van der Waals surface area contributed by atoms with Crippen molar-refractivity contribution in [2.45, 2.75) is 46.5 Å². The SMILES string of the molecule is CCOC(=O)c1c(NC(=O)CN(c2cc(C)cc(C)c2)S(C)(=O)=O)sc2c1CCCC2. The van der Waals surface area contributed by atoms with Crippen LogP contribution in [0.4, 0.5) is 10.7 Å². The van der Waals surface area contributed by atoms with E-state index in [0.29, 0.717) is 16.3 Å². The number of benzene rings is 1. The molecule has 1 aromatic carbocycles. The lowest BCUT2D eigenvalue weighted by Gasteiger charge is -2.22. The van der Waals surface area contributed by atoms with Crippen LogP contribution in [0, 0.1) is 13.8 Å². The van der Waals surface area contributed by atoms with Crippen molar-refractivity contribution in [1.29, 1.82) is 0 Å². The highest BCUT2D eigenvalue weighted by Gasteiger charge is 2.28. The zero-order valence-corrected chi connectivity index (χ0v) is 19.9. The number of aryl methyl sites for hydroxylation is 3. The number of anilines is 2. The number of carbonyl (C=O) groups excluding carboxylic acids is 2. The van der Waals surface area contributed by atoms with Gasteiger partial charge in [-0.15, -0.1) is 11.3 Å². The fourth-order valence-electron chi connectivity index (χ4n) is 3.86. The first-order valence-corrected chi connectivity index (χ1v) is 12.9. The minimum absolute atomic E-state index is 0.241. The van der Waals surface area contributed by atoms with Crippen LogP contribution in [0.2, 0.25) is 0 Å². The zero-order valence-electron chi connectivity index (χ0n) is 18.3. The molecule has 9 heteroatoms. The number of hydrogen-bond acceptors (Lipinski definition) is 6. The molecule has 0 spiro atoms. The smallest absolute Gasteiger partial charge is 0.341 e. The van der Waals surface area contributed by atoms with Crippen LogP contribution in [-0.2, 0) is 32.4 Å². The number of esters is 1. The predicted octanol–water partition coefficient (Wildman–Crippen LogP) is 3.83. The van der Waals surface area contributed by atoms with Crippen molar-refractivity contribution in [3.05, 3.63) is 45.3 Å². The van der Waals surface area contributed by atoms with Gasteiger partial charge in [0.05, 0.1) is 24.1 Å². The number of ether oxygens (including phenoxy) is 1. The number of fused-ring (bicyclic) bond motifs is 1. The molecule has 1 amide bonds. The van der Waals surface area contributed by atoms with Gasteiger partial charge in [0, 0.05) is 4.88 Å². The Morgan fingerprint density at radius 2 is 1.77 bits per heavy atom. The second-order valence-electron chi connectivity index (χ2n) is 7.80. The molecule has 0 atom stereocenters. The topological polar surface area (TPSA) is 92.8 Å². The monoisotopic (exact) mass is 464 g/mol. The molecule has 1 aliphatic carbocycles. The highest BCUT2D eigenvalue weighted by atomic mass is 32.2. The average Bonchev–Trinajstić information content (AvgIpc) is 3.02. The average molecular weight is 465 g/mol. The van der Waals surface area contributed by atoms with Gasteiger partial charge in [0.1, 0.15) is 11.5 Å². The molecule has 1 N–H and O–H groups in total. The first-order valence-electron chi connectivity index (χ1n) is 10.3.